The van der Waals surface area contributed by atoms with Crippen molar-refractivity contribution in [3.8, 4) is 0 Å². The molecule has 1 aliphatic carbocycles. The number of hydrogen-bond acceptors (Lipinski definition) is 2. The third-order valence-corrected chi connectivity index (χ3v) is 3.22. The van der Waals surface area contributed by atoms with Gasteiger partial charge in [-0.2, -0.15) is 13.2 Å². The van der Waals surface area contributed by atoms with Crippen molar-refractivity contribution in [1.29, 1.82) is 0 Å². The van der Waals surface area contributed by atoms with Crippen LogP contribution in [0.5, 0.6) is 0 Å². The molecule has 0 amide bonds. The third kappa shape index (κ3) is 4.59. The number of hydrogen-bond donors (Lipinski definition) is 0. The van der Waals surface area contributed by atoms with Crippen LogP contribution in [0.1, 0.15) is 29.6 Å². The van der Waals surface area contributed by atoms with Gasteiger partial charge in [0.05, 0.1) is 6.54 Å². The summed E-state index contributed by atoms with van der Waals surface area (Å²) in [5.74, 6) is -0.859. The molecule has 0 unspecified atom stereocenters. The highest BCUT2D eigenvalue weighted by atomic mass is 19.4. The Balaban J connectivity index is 1.90. The van der Waals surface area contributed by atoms with Gasteiger partial charge in [-0.25, -0.2) is 4.39 Å². The quantitative estimate of drug-likeness (QED) is 0.591. The highest BCUT2D eigenvalue weighted by Crippen LogP contribution is 2.30. The van der Waals surface area contributed by atoms with Crippen LogP contribution in [0.2, 0.25) is 0 Å². The van der Waals surface area contributed by atoms with Crippen molar-refractivity contribution in [3.63, 3.8) is 0 Å². The Hall–Kier alpha value is -1.43. The monoisotopic (exact) mass is 289 g/mol. The van der Waals surface area contributed by atoms with Crippen molar-refractivity contribution < 1.29 is 22.4 Å². The number of nitrogens with zero attached hydrogens (tertiary/aromatic N) is 1. The Kier molecular flexibility index (Phi) is 4.42. The minimum atomic E-state index is -4.26. The van der Waals surface area contributed by atoms with Gasteiger partial charge in [0.15, 0.2) is 5.78 Å². The van der Waals surface area contributed by atoms with Crippen molar-refractivity contribution >= 4 is 5.78 Å². The normalized spacial score (nSPS) is 15.7. The fraction of sp³-hybridized carbons (Fsp3) is 0.500. The zero-order chi connectivity index (χ0) is 14.8. The van der Waals surface area contributed by atoms with Crippen LogP contribution >= 0.6 is 0 Å². The van der Waals surface area contributed by atoms with Gasteiger partial charge < -0.3 is 0 Å². The second-order valence-corrected chi connectivity index (χ2v) is 5.00. The number of rotatable bonds is 6. The van der Waals surface area contributed by atoms with E-state index in [4.69, 9.17) is 0 Å². The summed E-state index contributed by atoms with van der Waals surface area (Å²) < 4.78 is 50.2. The summed E-state index contributed by atoms with van der Waals surface area (Å²) in [5.41, 5.74) is 0.202. The van der Waals surface area contributed by atoms with Gasteiger partial charge in [0.1, 0.15) is 5.82 Å². The largest absolute Gasteiger partial charge is 0.401 e. The van der Waals surface area contributed by atoms with Crippen LogP contribution in [-0.4, -0.2) is 36.0 Å². The molecule has 0 aromatic heterocycles. The molecule has 20 heavy (non-hydrogen) atoms. The Morgan fingerprint density at radius 1 is 1.30 bits per heavy atom. The zero-order valence-corrected chi connectivity index (χ0v) is 10.8. The van der Waals surface area contributed by atoms with Gasteiger partial charge in [-0.3, -0.25) is 9.69 Å². The first-order valence-electron chi connectivity index (χ1n) is 6.45. The number of carbonyl (C=O) groups is 1. The second kappa shape index (κ2) is 5.91. The van der Waals surface area contributed by atoms with Crippen molar-refractivity contribution in [2.45, 2.75) is 31.5 Å². The van der Waals surface area contributed by atoms with Crippen LogP contribution in [0.25, 0.3) is 0 Å². The number of halogens is 4. The van der Waals surface area contributed by atoms with Gasteiger partial charge in [-0.05, 0) is 25.0 Å². The molecular formula is C14H15F4NO. The van der Waals surface area contributed by atoms with Crippen LogP contribution in [0.3, 0.4) is 0 Å². The fourth-order valence-electron chi connectivity index (χ4n) is 2.11. The fourth-order valence-corrected chi connectivity index (χ4v) is 2.11. The average molecular weight is 289 g/mol. The van der Waals surface area contributed by atoms with E-state index < -0.39 is 18.5 Å². The van der Waals surface area contributed by atoms with E-state index >= 15 is 0 Å². The van der Waals surface area contributed by atoms with Gasteiger partial charge in [0, 0.05) is 24.6 Å². The van der Waals surface area contributed by atoms with Crippen LogP contribution in [0.4, 0.5) is 17.6 Å². The van der Waals surface area contributed by atoms with Crippen molar-refractivity contribution in [1.82, 2.24) is 4.90 Å². The second-order valence-electron chi connectivity index (χ2n) is 5.00. The smallest absolute Gasteiger partial charge is 0.294 e. The summed E-state index contributed by atoms with van der Waals surface area (Å²) in [5, 5.41) is 0. The Morgan fingerprint density at radius 2 is 2.00 bits per heavy atom. The van der Waals surface area contributed by atoms with Gasteiger partial charge in [-0.15, -0.1) is 0 Å². The van der Waals surface area contributed by atoms with Crippen LogP contribution < -0.4 is 0 Å². The summed E-state index contributed by atoms with van der Waals surface area (Å²) in [6, 6.07) is 5.13. The Morgan fingerprint density at radius 3 is 2.55 bits per heavy atom. The summed E-state index contributed by atoms with van der Waals surface area (Å²) in [7, 11) is 0. The number of ketones is 1. The molecule has 0 bridgehead atoms. The summed E-state index contributed by atoms with van der Waals surface area (Å²) in [6.45, 7) is -0.937. The van der Waals surface area contributed by atoms with E-state index in [-0.39, 0.29) is 30.4 Å². The first-order valence-corrected chi connectivity index (χ1v) is 6.45. The van der Waals surface area contributed by atoms with Crippen LogP contribution in [0.15, 0.2) is 24.3 Å². The van der Waals surface area contributed by atoms with E-state index in [1.165, 1.54) is 23.1 Å². The van der Waals surface area contributed by atoms with Crippen molar-refractivity contribution in [2.24, 2.45) is 0 Å². The highest BCUT2D eigenvalue weighted by Gasteiger charge is 2.37. The summed E-state index contributed by atoms with van der Waals surface area (Å²) in [6.07, 6.45) is -2.81. The van der Waals surface area contributed by atoms with Crippen molar-refractivity contribution in [2.75, 3.05) is 13.1 Å². The van der Waals surface area contributed by atoms with Gasteiger partial charge in [0.25, 0.3) is 0 Å². The van der Waals surface area contributed by atoms with Gasteiger partial charge in [-0.1, -0.05) is 12.1 Å². The minimum absolute atomic E-state index is 0.0317. The molecule has 0 N–H and O–H groups in total. The Bertz CT molecular complexity index is 482. The average Bonchev–Trinajstić information content (AvgIpc) is 3.17. The molecule has 1 aliphatic rings. The first kappa shape index (κ1) is 15.0. The van der Waals surface area contributed by atoms with Crippen molar-refractivity contribution in [3.05, 3.63) is 35.6 Å². The number of alkyl halides is 3. The number of carbonyl (C=O) groups excluding carboxylic acids is 1. The van der Waals surface area contributed by atoms with Gasteiger partial charge >= 0.3 is 6.18 Å². The van der Waals surface area contributed by atoms with Crippen LogP contribution in [-0.2, 0) is 0 Å². The molecule has 0 radical (unpaired) electrons. The molecule has 2 rings (SSSR count). The number of benzene rings is 1. The molecule has 110 valence electrons. The molecule has 0 aliphatic heterocycles. The summed E-state index contributed by atoms with van der Waals surface area (Å²) in [4.78, 5) is 13.1. The third-order valence-electron chi connectivity index (χ3n) is 3.22. The molecule has 1 fully saturated rings. The maximum atomic E-state index is 13.0. The van der Waals surface area contributed by atoms with Crippen LogP contribution in [0, 0.1) is 5.82 Å². The maximum absolute atomic E-state index is 13.0. The maximum Gasteiger partial charge on any atom is 0.401 e. The molecule has 0 saturated heterocycles. The molecule has 0 heterocycles. The van der Waals surface area contributed by atoms with E-state index in [2.05, 4.69) is 0 Å². The molecule has 0 spiro atoms. The topological polar surface area (TPSA) is 20.3 Å². The lowest BCUT2D eigenvalue weighted by Gasteiger charge is -2.22. The molecule has 1 aromatic carbocycles. The molecule has 6 heteroatoms. The van der Waals surface area contributed by atoms with Gasteiger partial charge in [0.2, 0.25) is 0 Å². The lowest BCUT2D eigenvalue weighted by atomic mass is 10.1. The molecule has 2 nitrogen and oxygen atoms in total. The first-order chi connectivity index (χ1) is 9.35. The lowest BCUT2D eigenvalue weighted by Crippen LogP contribution is -2.37. The standard InChI is InChI=1S/C14H15F4NO/c15-11-3-1-2-10(8-11)13(20)6-7-19(12-4-5-12)9-14(16,17)18/h1-3,8,12H,4-7,9H2. The summed E-state index contributed by atoms with van der Waals surface area (Å²) >= 11 is 0. The van der Waals surface area contributed by atoms with E-state index in [1.807, 2.05) is 0 Å². The molecule has 0 atom stereocenters. The zero-order valence-electron chi connectivity index (χ0n) is 10.8. The molecule has 1 aromatic rings. The SMILES string of the molecule is O=C(CCN(CC(F)(F)F)C1CC1)c1cccc(F)c1. The lowest BCUT2D eigenvalue weighted by molar-refractivity contribution is -0.147. The molecule has 1 saturated carbocycles. The van der Waals surface area contributed by atoms with E-state index in [9.17, 15) is 22.4 Å². The van der Waals surface area contributed by atoms with E-state index in [0.29, 0.717) is 0 Å². The number of Topliss-reactive ketones (excluding diaryl/α,β-unsaturated/α-hetero) is 1. The highest BCUT2D eigenvalue weighted by molar-refractivity contribution is 5.96. The Labute approximate surface area is 114 Å². The predicted molar refractivity (Wildman–Crippen MR) is 66.0 cm³/mol. The van der Waals surface area contributed by atoms with E-state index in [1.54, 1.807) is 0 Å². The predicted octanol–water partition coefficient (Wildman–Crippen LogP) is 3.43. The molecular weight excluding hydrogens is 274 g/mol. The minimum Gasteiger partial charge on any atom is -0.294 e. The van der Waals surface area contributed by atoms with E-state index in [0.717, 1.165) is 18.9 Å².